The number of pyridine rings is 1. The molecule has 0 N–H and O–H groups in total. The minimum Gasteiger partial charge on any atom is -0.485 e. The second-order valence-electron chi connectivity index (χ2n) is 7.30. The van der Waals surface area contributed by atoms with E-state index in [9.17, 15) is 0 Å². The smallest absolute Gasteiger partial charge is 0.150 e. The molecule has 0 amide bonds. The van der Waals surface area contributed by atoms with Crippen LogP contribution in [0.4, 0.5) is 5.82 Å². The van der Waals surface area contributed by atoms with Gasteiger partial charge in [0.05, 0.1) is 35.2 Å². The van der Waals surface area contributed by atoms with Crippen molar-refractivity contribution in [3.8, 4) is 5.75 Å². The molecule has 1 aliphatic heterocycles. The number of fused-ring (bicyclic) bond motifs is 3. The third kappa shape index (κ3) is 3.64. The molecule has 0 saturated carbocycles. The molecule has 0 radical (unpaired) electrons. The van der Waals surface area contributed by atoms with E-state index in [2.05, 4.69) is 43.9 Å². The highest BCUT2D eigenvalue weighted by Crippen LogP contribution is 2.39. The first-order chi connectivity index (χ1) is 13.5. The van der Waals surface area contributed by atoms with Gasteiger partial charge in [0.2, 0.25) is 0 Å². The van der Waals surface area contributed by atoms with Crippen molar-refractivity contribution in [2.75, 3.05) is 18.0 Å². The highest BCUT2D eigenvalue weighted by atomic mass is 35.5. The summed E-state index contributed by atoms with van der Waals surface area (Å²) in [4.78, 5) is 16.6. The van der Waals surface area contributed by atoms with Crippen LogP contribution in [-0.4, -0.2) is 44.3 Å². The predicted octanol–water partition coefficient (Wildman–Crippen LogP) is 4.37. The molecule has 5 rings (SSSR count). The predicted molar refractivity (Wildman–Crippen MR) is 125 cm³/mol. The number of ether oxygens (including phenoxy) is 1. The van der Waals surface area contributed by atoms with Crippen molar-refractivity contribution < 1.29 is 4.74 Å². The summed E-state index contributed by atoms with van der Waals surface area (Å²) in [5.74, 6) is 1.80. The summed E-state index contributed by atoms with van der Waals surface area (Å²) in [6.07, 6.45) is 3.58. The van der Waals surface area contributed by atoms with Crippen LogP contribution in [0.5, 0.6) is 5.75 Å². The first-order valence-corrected chi connectivity index (χ1v) is 10.0. The number of hydrogen-bond acceptors (Lipinski definition) is 8. The molecule has 0 aliphatic carbocycles. The summed E-state index contributed by atoms with van der Waals surface area (Å²) >= 11 is 1.61. The molecule has 0 unspecified atom stereocenters. The largest absolute Gasteiger partial charge is 0.485 e. The third-order valence-corrected chi connectivity index (χ3v) is 6.34. The number of hydrogen-bond donors (Lipinski definition) is 0. The molecule has 1 fully saturated rings. The fourth-order valence-corrected chi connectivity index (χ4v) is 4.72. The molecule has 0 aromatic carbocycles. The SMILES string of the molecule is Cc1cc(C)c(OC2CN(c3ncnc4c3sc3nnc(C)c(C)c34)C2)cn1.Cl.Cl. The van der Waals surface area contributed by atoms with Crippen molar-refractivity contribution in [3.05, 3.63) is 41.1 Å². The Labute approximate surface area is 190 Å². The van der Waals surface area contributed by atoms with E-state index in [4.69, 9.17) is 4.74 Å². The molecule has 5 heterocycles. The molecule has 7 nitrogen and oxygen atoms in total. The molecule has 0 bridgehead atoms. The van der Waals surface area contributed by atoms with Gasteiger partial charge in [-0.25, -0.2) is 9.97 Å². The molecule has 158 valence electrons. The third-order valence-electron chi connectivity index (χ3n) is 5.28. The molecule has 1 saturated heterocycles. The second-order valence-corrected chi connectivity index (χ2v) is 8.30. The molecule has 0 atom stereocenters. The summed E-state index contributed by atoms with van der Waals surface area (Å²) < 4.78 is 7.19. The first-order valence-electron chi connectivity index (χ1n) is 9.23. The van der Waals surface area contributed by atoms with Gasteiger partial charge < -0.3 is 9.64 Å². The fourth-order valence-electron chi connectivity index (χ4n) is 3.57. The van der Waals surface area contributed by atoms with Gasteiger partial charge in [-0.2, -0.15) is 5.10 Å². The van der Waals surface area contributed by atoms with E-state index in [0.29, 0.717) is 0 Å². The molecule has 0 spiro atoms. The number of thiophene rings is 1. The van der Waals surface area contributed by atoms with Gasteiger partial charge in [0, 0.05) is 11.1 Å². The molecule has 30 heavy (non-hydrogen) atoms. The molecule has 4 aromatic rings. The van der Waals surface area contributed by atoms with Crippen LogP contribution in [0.2, 0.25) is 0 Å². The van der Waals surface area contributed by atoms with E-state index < -0.39 is 0 Å². The van der Waals surface area contributed by atoms with E-state index in [-0.39, 0.29) is 30.9 Å². The standard InChI is InChI=1S/C20H20N6OS.2ClH/c1-10-5-11(2)21-6-15(10)27-14-7-26(8-14)19-18-17(22-9-23-19)16-12(3)13(4)24-25-20(16)28-18;;/h5-6,9,14H,7-8H2,1-4H3;2*1H. The van der Waals surface area contributed by atoms with Crippen molar-refractivity contribution in [1.82, 2.24) is 25.1 Å². The van der Waals surface area contributed by atoms with Crippen molar-refractivity contribution in [3.63, 3.8) is 0 Å². The minimum atomic E-state index is 0. The zero-order valence-electron chi connectivity index (χ0n) is 17.0. The number of aryl methyl sites for hydroxylation is 4. The maximum Gasteiger partial charge on any atom is 0.150 e. The number of aromatic nitrogens is 5. The second kappa shape index (κ2) is 8.45. The number of halogens is 2. The van der Waals surface area contributed by atoms with Gasteiger partial charge in [0.25, 0.3) is 0 Å². The molecule has 10 heteroatoms. The molecule has 4 aromatic heterocycles. The van der Waals surface area contributed by atoms with E-state index in [1.165, 1.54) is 0 Å². The lowest BCUT2D eigenvalue weighted by atomic mass is 10.1. The summed E-state index contributed by atoms with van der Waals surface area (Å²) in [5, 5.41) is 9.71. The average molecular weight is 465 g/mol. The molecular formula is C20H22Cl2N6OS. The minimum absolute atomic E-state index is 0. The monoisotopic (exact) mass is 464 g/mol. The Balaban J connectivity index is 0.00000128. The van der Waals surface area contributed by atoms with Crippen LogP contribution in [-0.2, 0) is 0 Å². The Morgan fingerprint density at radius 3 is 2.53 bits per heavy atom. The average Bonchev–Trinajstić information content (AvgIpc) is 3.02. The van der Waals surface area contributed by atoms with Gasteiger partial charge in [-0.3, -0.25) is 4.98 Å². The Morgan fingerprint density at radius 2 is 1.80 bits per heavy atom. The van der Waals surface area contributed by atoms with Crippen molar-refractivity contribution in [2.24, 2.45) is 0 Å². The van der Waals surface area contributed by atoms with E-state index in [1.54, 1.807) is 17.7 Å². The Kier molecular flexibility index (Phi) is 6.31. The van der Waals surface area contributed by atoms with Gasteiger partial charge in [0.15, 0.2) is 0 Å². The fraction of sp³-hybridized carbons (Fsp3) is 0.350. The van der Waals surface area contributed by atoms with Gasteiger partial charge in [-0.05, 0) is 44.9 Å². The van der Waals surface area contributed by atoms with E-state index >= 15 is 0 Å². The van der Waals surface area contributed by atoms with E-state index in [0.717, 1.165) is 67.6 Å². The van der Waals surface area contributed by atoms with Crippen LogP contribution in [0.25, 0.3) is 20.4 Å². The highest BCUT2D eigenvalue weighted by Gasteiger charge is 2.32. The van der Waals surface area contributed by atoms with Crippen molar-refractivity contribution >= 4 is 62.4 Å². The maximum absolute atomic E-state index is 6.13. The normalized spacial score (nSPS) is 13.7. The zero-order chi connectivity index (χ0) is 19.4. The Bertz CT molecular complexity index is 1230. The van der Waals surface area contributed by atoms with Crippen molar-refractivity contribution in [2.45, 2.75) is 33.8 Å². The van der Waals surface area contributed by atoms with E-state index in [1.807, 2.05) is 26.1 Å². The van der Waals surface area contributed by atoms with Crippen LogP contribution in [0.3, 0.4) is 0 Å². The number of nitrogens with zero attached hydrogens (tertiary/aromatic N) is 6. The van der Waals surface area contributed by atoms with Crippen molar-refractivity contribution in [1.29, 1.82) is 0 Å². The van der Waals surface area contributed by atoms with Crippen LogP contribution < -0.4 is 9.64 Å². The van der Waals surface area contributed by atoms with Crippen LogP contribution >= 0.6 is 36.2 Å². The lowest BCUT2D eigenvalue weighted by molar-refractivity contribution is 0.165. The Hall–Kier alpha value is -2.29. The van der Waals surface area contributed by atoms with Crippen LogP contribution in [0.15, 0.2) is 18.6 Å². The lowest BCUT2D eigenvalue weighted by Gasteiger charge is -2.40. The van der Waals surface area contributed by atoms with Crippen LogP contribution in [0, 0.1) is 27.7 Å². The van der Waals surface area contributed by atoms with Gasteiger partial charge in [-0.1, -0.05) is 0 Å². The first kappa shape index (κ1) is 22.4. The lowest BCUT2D eigenvalue weighted by Crippen LogP contribution is -2.54. The van der Waals surface area contributed by atoms with Gasteiger partial charge in [-0.15, -0.1) is 41.2 Å². The quantitative estimate of drug-likeness (QED) is 0.445. The molecule has 1 aliphatic rings. The molecular weight excluding hydrogens is 443 g/mol. The van der Waals surface area contributed by atoms with Gasteiger partial charge >= 0.3 is 0 Å². The van der Waals surface area contributed by atoms with Gasteiger partial charge in [0.1, 0.15) is 28.8 Å². The summed E-state index contributed by atoms with van der Waals surface area (Å²) in [5.41, 5.74) is 5.15. The zero-order valence-corrected chi connectivity index (χ0v) is 19.5. The summed E-state index contributed by atoms with van der Waals surface area (Å²) in [7, 11) is 0. The Morgan fingerprint density at radius 1 is 1.03 bits per heavy atom. The topological polar surface area (TPSA) is 76.9 Å². The number of anilines is 1. The van der Waals surface area contributed by atoms with Crippen LogP contribution in [0.1, 0.15) is 22.5 Å². The number of rotatable bonds is 3. The summed E-state index contributed by atoms with van der Waals surface area (Å²) in [6.45, 7) is 9.67. The summed E-state index contributed by atoms with van der Waals surface area (Å²) in [6, 6.07) is 2.04. The maximum atomic E-state index is 6.13. The highest BCUT2D eigenvalue weighted by molar-refractivity contribution is 7.26.